The van der Waals surface area contributed by atoms with Gasteiger partial charge in [-0.15, -0.1) is 20.4 Å². The number of nitrogens with zero attached hydrogens (tertiary/aromatic N) is 4. The normalized spacial score (nSPS) is 10.6. The van der Waals surface area contributed by atoms with E-state index in [9.17, 15) is 9.59 Å². The summed E-state index contributed by atoms with van der Waals surface area (Å²) in [4.78, 5) is 23.1. The molecule has 1 aromatic carbocycles. The highest BCUT2D eigenvalue weighted by Gasteiger charge is 2.10. The summed E-state index contributed by atoms with van der Waals surface area (Å²) in [6.07, 6.45) is 3.21. The number of aryl methyl sites for hydroxylation is 2. The lowest BCUT2D eigenvalue weighted by atomic mass is 10.2. The predicted octanol–water partition coefficient (Wildman–Crippen LogP) is 1.90. The zero-order chi connectivity index (χ0) is 21.2. The molecule has 2 aromatic heterocycles. The molecule has 0 saturated carbocycles. The third-order valence-corrected chi connectivity index (χ3v) is 5.51. The van der Waals surface area contributed by atoms with Crippen LogP contribution in [-0.2, 0) is 22.4 Å². The molecule has 0 unspecified atom stereocenters. The molecule has 30 heavy (non-hydrogen) atoms. The van der Waals surface area contributed by atoms with E-state index < -0.39 is 12.5 Å². The number of amides is 2. The van der Waals surface area contributed by atoms with Crippen molar-refractivity contribution in [2.75, 3.05) is 23.8 Å². The lowest BCUT2D eigenvalue weighted by molar-refractivity contribution is -0.119. The van der Waals surface area contributed by atoms with Gasteiger partial charge in [-0.2, -0.15) is 0 Å². The molecule has 0 spiro atoms. The molecule has 0 aliphatic heterocycles. The third kappa shape index (κ3) is 7.13. The van der Waals surface area contributed by atoms with Crippen molar-refractivity contribution in [1.29, 1.82) is 0 Å². The molecule has 12 heteroatoms. The number of carbonyl (C=O) groups excluding carboxylic acids is 2. The number of hydrogen-bond donors (Lipinski definition) is 3. The molecule has 0 atom stereocenters. The van der Waals surface area contributed by atoms with Gasteiger partial charge in [0.15, 0.2) is 6.61 Å². The molecule has 3 aromatic rings. The van der Waals surface area contributed by atoms with Crippen molar-refractivity contribution in [3.8, 4) is 5.75 Å². The van der Waals surface area contributed by atoms with Crippen molar-refractivity contribution in [3.63, 3.8) is 0 Å². The van der Waals surface area contributed by atoms with Gasteiger partial charge in [-0.1, -0.05) is 40.9 Å². The van der Waals surface area contributed by atoms with Gasteiger partial charge < -0.3 is 9.84 Å². The van der Waals surface area contributed by atoms with Crippen LogP contribution in [0.2, 0.25) is 0 Å². The van der Waals surface area contributed by atoms with E-state index in [0.29, 0.717) is 16.0 Å². The van der Waals surface area contributed by atoms with E-state index in [1.165, 1.54) is 22.7 Å². The summed E-state index contributed by atoms with van der Waals surface area (Å²) in [6.45, 7) is -0.680. The van der Waals surface area contributed by atoms with Crippen LogP contribution < -0.4 is 15.4 Å². The zero-order valence-corrected chi connectivity index (χ0v) is 17.5. The molecule has 3 rings (SSSR count). The van der Waals surface area contributed by atoms with Gasteiger partial charge in [0.05, 0.1) is 0 Å². The Morgan fingerprint density at radius 2 is 1.43 bits per heavy atom. The summed E-state index contributed by atoms with van der Waals surface area (Å²) < 4.78 is 5.40. The monoisotopic (exact) mass is 448 g/mol. The molecule has 10 nitrogen and oxygen atoms in total. The molecule has 0 aliphatic rings. The second-order valence-corrected chi connectivity index (χ2v) is 8.19. The Bertz CT molecular complexity index is 963. The van der Waals surface area contributed by atoms with E-state index in [0.717, 1.165) is 35.7 Å². The van der Waals surface area contributed by atoms with Crippen LogP contribution in [-0.4, -0.2) is 50.5 Å². The minimum atomic E-state index is -0.584. The first-order valence-electron chi connectivity index (χ1n) is 9.15. The van der Waals surface area contributed by atoms with Crippen LogP contribution in [0.1, 0.15) is 22.9 Å². The minimum absolute atomic E-state index is 0.0957. The van der Waals surface area contributed by atoms with E-state index in [4.69, 9.17) is 9.84 Å². The number of ether oxygens (including phenoxy) is 1. The highest BCUT2D eigenvalue weighted by Crippen LogP contribution is 2.20. The summed E-state index contributed by atoms with van der Waals surface area (Å²) in [5, 5.41) is 32.3. The zero-order valence-electron chi connectivity index (χ0n) is 15.9. The highest BCUT2D eigenvalue weighted by atomic mass is 32.1. The molecular formula is C18H20N6O4S2. The van der Waals surface area contributed by atoms with E-state index in [1.54, 1.807) is 12.1 Å². The summed E-state index contributed by atoms with van der Waals surface area (Å²) in [5.41, 5.74) is 0. The largest absolute Gasteiger partial charge is 0.484 e. The van der Waals surface area contributed by atoms with Crippen LogP contribution in [0.15, 0.2) is 30.3 Å². The first kappa shape index (κ1) is 21.7. The summed E-state index contributed by atoms with van der Waals surface area (Å²) in [5.74, 6) is -0.172. The Labute approximate surface area is 180 Å². The van der Waals surface area contributed by atoms with Gasteiger partial charge in [-0.05, 0) is 25.0 Å². The van der Waals surface area contributed by atoms with Gasteiger partial charge in [-0.3, -0.25) is 20.2 Å². The number of hydrogen-bond acceptors (Lipinski definition) is 10. The molecule has 2 amide bonds. The number of rotatable bonds is 11. The molecule has 0 bridgehead atoms. The number of benzene rings is 1. The van der Waals surface area contributed by atoms with E-state index >= 15 is 0 Å². The Morgan fingerprint density at radius 1 is 0.867 bits per heavy atom. The SMILES string of the molecule is O=C(CO)Nc1nnc(CCCCc2nnc(NC(=O)COc3ccccc3)s2)s1. The van der Waals surface area contributed by atoms with Gasteiger partial charge in [-0.25, -0.2) is 0 Å². The number of aliphatic hydroxyl groups excluding tert-OH is 1. The fourth-order valence-electron chi connectivity index (χ4n) is 2.34. The number of unbranched alkanes of at least 4 members (excludes halogenated alkanes) is 1. The van der Waals surface area contributed by atoms with Crippen LogP contribution in [0.4, 0.5) is 10.3 Å². The molecule has 2 heterocycles. The fourth-order valence-corrected chi connectivity index (χ4v) is 3.94. The number of aromatic nitrogens is 4. The van der Waals surface area contributed by atoms with Crippen LogP contribution in [0.3, 0.4) is 0 Å². The van der Waals surface area contributed by atoms with E-state index in [1.807, 2.05) is 18.2 Å². The lowest BCUT2D eigenvalue weighted by Crippen LogP contribution is -2.20. The van der Waals surface area contributed by atoms with E-state index in [2.05, 4.69) is 31.0 Å². The maximum absolute atomic E-state index is 12.0. The second-order valence-electron chi connectivity index (χ2n) is 6.07. The van der Waals surface area contributed by atoms with Gasteiger partial charge >= 0.3 is 0 Å². The molecular weight excluding hydrogens is 428 g/mol. The predicted molar refractivity (Wildman–Crippen MR) is 113 cm³/mol. The van der Waals surface area contributed by atoms with Crippen molar-refractivity contribution >= 4 is 44.8 Å². The highest BCUT2D eigenvalue weighted by molar-refractivity contribution is 7.15. The molecule has 3 N–H and O–H groups in total. The number of anilines is 2. The second kappa shape index (κ2) is 11.3. The standard InChI is InChI=1S/C18H20N6O4S2/c25-10-13(26)19-17-23-21-15(29-17)8-4-5-9-16-22-24-18(30-16)20-14(27)11-28-12-6-2-1-3-7-12/h1-3,6-7,25H,4-5,8-11H2,(H,19,23,26)(H,20,24,27). The Morgan fingerprint density at radius 3 is 2.00 bits per heavy atom. The minimum Gasteiger partial charge on any atom is -0.484 e. The molecule has 0 aliphatic carbocycles. The van der Waals surface area contributed by atoms with Gasteiger partial charge in [0, 0.05) is 12.8 Å². The van der Waals surface area contributed by atoms with Crippen molar-refractivity contribution in [3.05, 3.63) is 40.3 Å². The first-order chi connectivity index (χ1) is 14.6. The Balaban J connectivity index is 1.34. The third-order valence-electron chi connectivity index (χ3n) is 3.71. The lowest BCUT2D eigenvalue weighted by Gasteiger charge is -2.04. The van der Waals surface area contributed by atoms with Crippen LogP contribution in [0.25, 0.3) is 0 Å². The molecule has 0 fully saturated rings. The fraction of sp³-hybridized carbons (Fsp3) is 0.333. The van der Waals surface area contributed by atoms with Gasteiger partial charge in [0.25, 0.3) is 11.8 Å². The van der Waals surface area contributed by atoms with Gasteiger partial charge in [0.2, 0.25) is 10.3 Å². The molecule has 0 radical (unpaired) electrons. The average molecular weight is 449 g/mol. The maximum Gasteiger partial charge on any atom is 0.264 e. The molecule has 158 valence electrons. The van der Waals surface area contributed by atoms with Crippen LogP contribution in [0, 0.1) is 0 Å². The van der Waals surface area contributed by atoms with E-state index in [-0.39, 0.29) is 12.5 Å². The topological polar surface area (TPSA) is 139 Å². The maximum atomic E-state index is 12.0. The summed E-state index contributed by atoms with van der Waals surface area (Å²) in [7, 11) is 0. The van der Waals surface area contributed by atoms with Crippen molar-refractivity contribution in [1.82, 2.24) is 20.4 Å². The Kier molecular flexibility index (Phi) is 8.18. The van der Waals surface area contributed by atoms with Crippen LogP contribution >= 0.6 is 22.7 Å². The van der Waals surface area contributed by atoms with Gasteiger partial charge in [0.1, 0.15) is 22.4 Å². The van der Waals surface area contributed by atoms with Crippen molar-refractivity contribution in [2.24, 2.45) is 0 Å². The summed E-state index contributed by atoms with van der Waals surface area (Å²) >= 11 is 2.62. The first-order valence-corrected chi connectivity index (χ1v) is 10.8. The van der Waals surface area contributed by atoms with Crippen LogP contribution in [0.5, 0.6) is 5.75 Å². The number of para-hydroxylation sites is 1. The Hall–Kier alpha value is -2.96. The quantitative estimate of drug-likeness (QED) is 0.378. The molecule has 0 saturated heterocycles. The summed E-state index contributed by atoms with van der Waals surface area (Å²) in [6, 6.07) is 9.11. The van der Waals surface area contributed by atoms with Crippen molar-refractivity contribution in [2.45, 2.75) is 25.7 Å². The number of carbonyl (C=O) groups is 2. The number of aliphatic hydroxyl groups is 1. The smallest absolute Gasteiger partial charge is 0.264 e. The number of nitrogens with one attached hydrogen (secondary N) is 2. The average Bonchev–Trinajstić information content (AvgIpc) is 3.39. The van der Waals surface area contributed by atoms with Crippen molar-refractivity contribution < 1.29 is 19.4 Å².